The summed E-state index contributed by atoms with van der Waals surface area (Å²) < 4.78 is 13.7. The molecule has 0 N–H and O–H groups in total. The smallest absolute Gasteiger partial charge is 0.142 e. The summed E-state index contributed by atoms with van der Waals surface area (Å²) in [5.74, 6) is 2.35. The van der Waals surface area contributed by atoms with E-state index >= 15 is 0 Å². The van der Waals surface area contributed by atoms with Gasteiger partial charge < -0.3 is 0 Å². The molecule has 21 heavy (non-hydrogen) atoms. The number of aryl methyl sites for hydroxylation is 1. The summed E-state index contributed by atoms with van der Waals surface area (Å²) in [6.45, 7) is 2.30. The van der Waals surface area contributed by atoms with Crippen molar-refractivity contribution in [3.63, 3.8) is 0 Å². The van der Waals surface area contributed by atoms with Crippen LogP contribution >= 0.6 is 11.6 Å². The van der Waals surface area contributed by atoms with Crippen LogP contribution in [0.3, 0.4) is 0 Å². The largest absolute Gasteiger partial charge is 0.205 e. The fourth-order valence-electron chi connectivity index (χ4n) is 4.54. The maximum atomic E-state index is 13.7. The van der Waals surface area contributed by atoms with Gasteiger partial charge in [-0.1, -0.05) is 44.2 Å². The topological polar surface area (TPSA) is 0 Å². The lowest BCUT2D eigenvalue weighted by molar-refractivity contribution is 0.184. The number of hydrogen-bond acceptors (Lipinski definition) is 0. The Morgan fingerprint density at radius 2 is 1.81 bits per heavy atom. The fraction of sp³-hybridized carbons (Fsp3) is 0.684. The van der Waals surface area contributed by atoms with E-state index in [0.717, 1.165) is 30.6 Å². The monoisotopic (exact) mass is 308 g/mol. The second-order valence-corrected chi connectivity index (χ2v) is 7.51. The van der Waals surface area contributed by atoms with Gasteiger partial charge in [0.2, 0.25) is 0 Å². The van der Waals surface area contributed by atoms with Gasteiger partial charge in [-0.25, -0.2) is 4.39 Å². The van der Waals surface area contributed by atoms with Crippen molar-refractivity contribution in [2.24, 2.45) is 17.8 Å². The highest BCUT2D eigenvalue weighted by Crippen LogP contribution is 2.41. The lowest BCUT2D eigenvalue weighted by Gasteiger charge is -2.36. The third-order valence-electron chi connectivity index (χ3n) is 5.76. The van der Waals surface area contributed by atoms with Crippen LogP contribution in [0.1, 0.15) is 63.0 Å². The van der Waals surface area contributed by atoms with Crippen molar-refractivity contribution in [1.29, 1.82) is 0 Å². The van der Waals surface area contributed by atoms with Gasteiger partial charge in [-0.2, -0.15) is 0 Å². The van der Waals surface area contributed by atoms with E-state index in [1.165, 1.54) is 56.1 Å². The van der Waals surface area contributed by atoms with Crippen molar-refractivity contribution in [1.82, 2.24) is 0 Å². The summed E-state index contributed by atoms with van der Waals surface area (Å²) in [5.41, 5.74) is 2.49. The van der Waals surface area contributed by atoms with Crippen molar-refractivity contribution in [2.45, 2.75) is 64.7 Å². The third-order valence-corrected chi connectivity index (χ3v) is 6.05. The molecule has 0 aliphatic heterocycles. The van der Waals surface area contributed by atoms with E-state index < -0.39 is 0 Å². The zero-order valence-electron chi connectivity index (χ0n) is 13.0. The maximum absolute atomic E-state index is 13.7. The molecule has 2 aliphatic carbocycles. The second kappa shape index (κ2) is 6.69. The summed E-state index contributed by atoms with van der Waals surface area (Å²) in [6.07, 6.45) is 11.7. The number of halogens is 2. The minimum Gasteiger partial charge on any atom is -0.205 e. The van der Waals surface area contributed by atoms with E-state index in [0.29, 0.717) is 0 Å². The molecule has 0 aromatic heterocycles. The highest BCUT2D eigenvalue weighted by molar-refractivity contribution is 6.30. The van der Waals surface area contributed by atoms with Crippen molar-refractivity contribution < 1.29 is 4.39 Å². The van der Waals surface area contributed by atoms with Crippen molar-refractivity contribution in [3.05, 3.63) is 34.1 Å². The molecule has 0 saturated heterocycles. The molecule has 1 atom stereocenters. The molecule has 2 heteroatoms. The van der Waals surface area contributed by atoms with Gasteiger partial charge in [0.15, 0.2) is 0 Å². The summed E-state index contributed by atoms with van der Waals surface area (Å²) in [5, 5.41) is 0.285. The second-order valence-electron chi connectivity index (χ2n) is 7.11. The molecular formula is C19H26ClF. The van der Waals surface area contributed by atoms with Gasteiger partial charge >= 0.3 is 0 Å². The van der Waals surface area contributed by atoms with E-state index in [1.807, 2.05) is 6.07 Å². The van der Waals surface area contributed by atoms with Crippen molar-refractivity contribution in [3.8, 4) is 0 Å². The Hall–Kier alpha value is -0.560. The van der Waals surface area contributed by atoms with E-state index in [9.17, 15) is 4.39 Å². The summed E-state index contributed by atoms with van der Waals surface area (Å²) in [6, 6.07) is 3.53. The highest BCUT2D eigenvalue weighted by Gasteiger charge is 2.30. The zero-order valence-corrected chi connectivity index (χ0v) is 13.8. The highest BCUT2D eigenvalue weighted by atomic mass is 35.5. The van der Waals surface area contributed by atoms with Crippen LogP contribution in [0.5, 0.6) is 0 Å². The van der Waals surface area contributed by atoms with Gasteiger partial charge in [0.25, 0.3) is 0 Å². The minimum atomic E-state index is -0.247. The van der Waals surface area contributed by atoms with Crippen LogP contribution in [0.15, 0.2) is 12.1 Å². The fourth-order valence-corrected chi connectivity index (χ4v) is 4.72. The summed E-state index contributed by atoms with van der Waals surface area (Å²) >= 11 is 5.90. The minimum absolute atomic E-state index is 0.247. The number of benzene rings is 1. The summed E-state index contributed by atoms with van der Waals surface area (Å²) in [4.78, 5) is 0. The molecule has 116 valence electrons. The van der Waals surface area contributed by atoms with Gasteiger partial charge in [0.1, 0.15) is 5.82 Å². The van der Waals surface area contributed by atoms with Crippen molar-refractivity contribution >= 4 is 11.6 Å². The average Bonchev–Trinajstić information content (AvgIpc) is 2.49. The number of rotatable bonds is 3. The quantitative estimate of drug-likeness (QED) is 0.624. The standard InChI is InChI=1S/C19H26ClF/c1-2-3-13-4-6-14(7-5-13)15-8-9-16-11-18(20)19(21)12-17(16)10-15/h11-15H,2-10H2,1H3. The summed E-state index contributed by atoms with van der Waals surface area (Å²) in [7, 11) is 0. The Balaban J connectivity index is 1.63. The Labute approximate surface area is 133 Å². The van der Waals surface area contributed by atoms with E-state index in [-0.39, 0.29) is 10.8 Å². The van der Waals surface area contributed by atoms with Gasteiger partial charge in [-0.15, -0.1) is 0 Å². The predicted molar refractivity (Wildman–Crippen MR) is 87.3 cm³/mol. The molecule has 1 aromatic carbocycles. The Morgan fingerprint density at radius 3 is 2.52 bits per heavy atom. The lowest BCUT2D eigenvalue weighted by atomic mass is 9.69. The molecule has 1 unspecified atom stereocenters. The average molecular weight is 309 g/mol. The van der Waals surface area contributed by atoms with Crippen LogP contribution in [0, 0.1) is 23.6 Å². The van der Waals surface area contributed by atoms with Crippen LogP contribution in [-0.4, -0.2) is 0 Å². The molecule has 1 fully saturated rings. The molecule has 3 rings (SSSR count). The van der Waals surface area contributed by atoms with E-state index in [1.54, 1.807) is 6.07 Å². The van der Waals surface area contributed by atoms with Gasteiger partial charge in [0.05, 0.1) is 5.02 Å². The molecule has 0 heterocycles. The molecule has 2 aliphatic rings. The maximum Gasteiger partial charge on any atom is 0.142 e. The molecule has 0 bridgehead atoms. The number of hydrogen-bond donors (Lipinski definition) is 0. The van der Waals surface area contributed by atoms with Gasteiger partial charge in [-0.3, -0.25) is 0 Å². The Morgan fingerprint density at radius 1 is 1.05 bits per heavy atom. The van der Waals surface area contributed by atoms with Crippen LogP contribution in [0.2, 0.25) is 5.02 Å². The SMILES string of the molecule is CCCC1CCC(C2CCc3cc(Cl)c(F)cc3C2)CC1. The predicted octanol–water partition coefficient (Wildman–Crippen LogP) is 6.19. The van der Waals surface area contributed by atoms with Crippen LogP contribution in [0.4, 0.5) is 4.39 Å². The van der Waals surface area contributed by atoms with Gasteiger partial charge in [-0.05, 0) is 73.1 Å². The van der Waals surface area contributed by atoms with Gasteiger partial charge in [0, 0.05) is 0 Å². The third kappa shape index (κ3) is 3.44. The Kier molecular flexibility index (Phi) is 4.88. The normalized spacial score (nSPS) is 29.2. The first-order chi connectivity index (χ1) is 10.2. The lowest BCUT2D eigenvalue weighted by Crippen LogP contribution is -2.26. The molecule has 1 saturated carbocycles. The molecule has 1 aromatic rings. The van der Waals surface area contributed by atoms with Crippen molar-refractivity contribution in [2.75, 3.05) is 0 Å². The first-order valence-electron chi connectivity index (χ1n) is 8.64. The van der Waals surface area contributed by atoms with E-state index in [2.05, 4.69) is 6.92 Å². The van der Waals surface area contributed by atoms with Crippen LogP contribution in [0.25, 0.3) is 0 Å². The van der Waals surface area contributed by atoms with Crippen LogP contribution in [-0.2, 0) is 12.8 Å². The van der Waals surface area contributed by atoms with E-state index in [4.69, 9.17) is 11.6 Å². The molecule has 0 nitrogen and oxygen atoms in total. The first kappa shape index (κ1) is 15.3. The van der Waals surface area contributed by atoms with Crippen LogP contribution < -0.4 is 0 Å². The molecule has 0 spiro atoms. The molecule has 0 radical (unpaired) electrons. The Bertz CT molecular complexity index is 489. The molecule has 0 amide bonds. The first-order valence-corrected chi connectivity index (χ1v) is 9.02. The number of fused-ring (bicyclic) bond motifs is 1. The zero-order chi connectivity index (χ0) is 14.8. The molecular weight excluding hydrogens is 283 g/mol.